The number of hydrogen-bond donors (Lipinski definition) is 0. The Labute approximate surface area is 152 Å². The molecular weight excluding hydrogens is 330 g/mol. The lowest BCUT2D eigenvalue weighted by molar-refractivity contribution is 0.364. The van der Waals surface area contributed by atoms with E-state index >= 15 is 0 Å². The van der Waals surface area contributed by atoms with Crippen LogP contribution in [0.4, 0.5) is 8.78 Å². The number of hydrogen-bond acceptors (Lipinski definition) is 1. The van der Waals surface area contributed by atoms with Crippen LogP contribution in [0.5, 0.6) is 5.75 Å². The van der Waals surface area contributed by atoms with Crippen molar-refractivity contribution in [3.05, 3.63) is 90.0 Å². The first-order chi connectivity index (χ1) is 12.6. The zero-order chi connectivity index (χ0) is 18.5. The number of rotatable bonds is 6. The van der Waals surface area contributed by atoms with Crippen LogP contribution >= 0.6 is 0 Å². The van der Waals surface area contributed by atoms with Gasteiger partial charge in [-0.15, -0.1) is 0 Å². The SMILES string of the molecule is C=CCOc1ccc2cc(C(F)=C(F)c3ccc(CC)cc3)ccc2c1. The molecule has 0 fully saturated rings. The van der Waals surface area contributed by atoms with Gasteiger partial charge >= 0.3 is 0 Å². The van der Waals surface area contributed by atoms with Gasteiger partial charge in [-0.3, -0.25) is 0 Å². The van der Waals surface area contributed by atoms with Gasteiger partial charge in [-0.2, -0.15) is 0 Å². The van der Waals surface area contributed by atoms with E-state index in [9.17, 15) is 8.78 Å². The Kier molecular flexibility index (Phi) is 5.47. The molecule has 3 aromatic carbocycles. The van der Waals surface area contributed by atoms with E-state index in [-0.39, 0.29) is 11.1 Å². The van der Waals surface area contributed by atoms with Gasteiger partial charge in [-0.25, -0.2) is 8.78 Å². The summed E-state index contributed by atoms with van der Waals surface area (Å²) in [6, 6.07) is 17.3. The molecule has 1 nitrogen and oxygen atoms in total. The van der Waals surface area contributed by atoms with Crippen molar-refractivity contribution in [2.45, 2.75) is 13.3 Å². The van der Waals surface area contributed by atoms with Crippen LogP contribution in [-0.2, 0) is 6.42 Å². The van der Waals surface area contributed by atoms with E-state index < -0.39 is 11.7 Å². The minimum absolute atomic E-state index is 0.217. The third-order valence-electron chi connectivity index (χ3n) is 4.24. The van der Waals surface area contributed by atoms with Gasteiger partial charge in [0.25, 0.3) is 0 Å². The second-order valence-electron chi connectivity index (χ2n) is 6.00. The van der Waals surface area contributed by atoms with Crippen LogP contribution in [0.15, 0.2) is 73.3 Å². The summed E-state index contributed by atoms with van der Waals surface area (Å²) in [4.78, 5) is 0. The molecule has 0 amide bonds. The molecule has 0 bridgehead atoms. The summed E-state index contributed by atoms with van der Waals surface area (Å²) < 4.78 is 34.7. The van der Waals surface area contributed by atoms with Crippen molar-refractivity contribution in [3.8, 4) is 5.75 Å². The Balaban J connectivity index is 1.93. The highest BCUT2D eigenvalue weighted by Gasteiger charge is 2.12. The van der Waals surface area contributed by atoms with Crippen molar-refractivity contribution in [2.75, 3.05) is 6.61 Å². The molecule has 3 heteroatoms. The van der Waals surface area contributed by atoms with Gasteiger partial charge in [0.15, 0.2) is 11.7 Å². The summed E-state index contributed by atoms with van der Waals surface area (Å²) in [6.07, 6.45) is 2.53. The van der Waals surface area contributed by atoms with E-state index in [1.165, 1.54) is 0 Å². The number of benzene rings is 3. The first-order valence-corrected chi connectivity index (χ1v) is 8.55. The average molecular weight is 350 g/mol. The van der Waals surface area contributed by atoms with Crippen LogP contribution in [-0.4, -0.2) is 6.61 Å². The molecular formula is C23H20F2O. The summed E-state index contributed by atoms with van der Waals surface area (Å²) in [5, 5.41) is 1.72. The fraction of sp³-hybridized carbons (Fsp3) is 0.130. The van der Waals surface area contributed by atoms with Crippen molar-refractivity contribution >= 4 is 22.4 Å². The summed E-state index contributed by atoms with van der Waals surface area (Å²) in [5.41, 5.74) is 1.55. The van der Waals surface area contributed by atoms with Gasteiger partial charge in [0.1, 0.15) is 12.4 Å². The highest BCUT2D eigenvalue weighted by molar-refractivity contribution is 5.90. The summed E-state index contributed by atoms with van der Waals surface area (Å²) >= 11 is 0. The number of halogens is 2. The predicted octanol–water partition coefficient (Wildman–Crippen LogP) is 6.73. The van der Waals surface area contributed by atoms with Crippen molar-refractivity contribution in [3.63, 3.8) is 0 Å². The molecule has 0 unspecified atom stereocenters. The smallest absolute Gasteiger partial charge is 0.166 e. The molecule has 132 valence electrons. The zero-order valence-corrected chi connectivity index (χ0v) is 14.6. The molecule has 0 radical (unpaired) electrons. The molecule has 0 aliphatic heterocycles. The predicted molar refractivity (Wildman–Crippen MR) is 104 cm³/mol. The highest BCUT2D eigenvalue weighted by Crippen LogP contribution is 2.31. The quantitative estimate of drug-likeness (QED) is 0.354. The standard InChI is InChI=1S/C23H20F2O/c1-3-13-26-21-12-11-18-14-20(10-9-19(18)15-21)23(25)22(24)17-7-5-16(4-2)6-8-17/h3,5-12,14-15H,1,4,13H2,2H3. The Bertz CT molecular complexity index is 956. The van der Waals surface area contributed by atoms with E-state index in [0.29, 0.717) is 12.4 Å². The van der Waals surface area contributed by atoms with E-state index in [2.05, 4.69) is 6.58 Å². The van der Waals surface area contributed by atoms with E-state index in [1.54, 1.807) is 42.5 Å². The normalized spacial score (nSPS) is 12.0. The van der Waals surface area contributed by atoms with Crippen LogP contribution in [0.3, 0.4) is 0 Å². The van der Waals surface area contributed by atoms with Crippen LogP contribution in [0.2, 0.25) is 0 Å². The van der Waals surface area contributed by atoms with Gasteiger partial charge in [0, 0.05) is 11.1 Å². The Morgan fingerprint density at radius 1 is 0.885 bits per heavy atom. The summed E-state index contributed by atoms with van der Waals surface area (Å²) in [5.74, 6) is -0.996. The fourth-order valence-corrected chi connectivity index (χ4v) is 2.75. The fourth-order valence-electron chi connectivity index (χ4n) is 2.75. The molecule has 3 rings (SSSR count). The number of ether oxygens (including phenoxy) is 1. The number of fused-ring (bicyclic) bond motifs is 1. The van der Waals surface area contributed by atoms with E-state index in [1.807, 2.05) is 31.2 Å². The molecule has 0 atom stereocenters. The molecule has 0 aliphatic carbocycles. The van der Waals surface area contributed by atoms with Gasteiger partial charge in [0.2, 0.25) is 0 Å². The Morgan fingerprint density at radius 2 is 1.50 bits per heavy atom. The van der Waals surface area contributed by atoms with Gasteiger partial charge in [-0.05, 0) is 41.0 Å². The van der Waals surface area contributed by atoms with Gasteiger partial charge < -0.3 is 4.74 Å². The maximum atomic E-state index is 14.6. The van der Waals surface area contributed by atoms with Crippen molar-refractivity contribution in [1.29, 1.82) is 0 Å². The van der Waals surface area contributed by atoms with Gasteiger partial charge in [-0.1, -0.05) is 62.0 Å². The lowest BCUT2D eigenvalue weighted by atomic mass is 10.0. The summed E-state index contributed by atoms with van der Waals surface area (Å²) in [7, 11) is 0. The second-order valence-corrected chi connectivity index (χ2v) is 6.00. The Morgan fingerprint density at radius 3 is 2.19 bits per heavy atom. The molecule has 0 saturated heterocycles. The minimum atomic E-state index is -0.858. The highest BCUT2D eigenvalue weighted by atomic mass is 19.2. The minimum Gasteiger partial charge on any atom is -0.490 e. The van der Waals surface area contributed by atoms with Crippen LogP contribution < -0.4 is 4.74 Å². The molecule has 0 saturated carbocycles. The lowest BCUT2D eigenvalue weighted by Gasteiger charge is -2.07. The van der Waals surface area contributed by atoms with Crippen molar-refractivity contribution < 1.29 is 13.5 Å². The molecule has 0 N–H and O–H groups in total. The first kappa shape index (κ1) is 17.9. The monoisotopic (exact) mass is 350 g/mol. The van der Waals surface area contributed by atoms with Crippen LogP contribution in [0.25, 0.3) is 22.4 Å². The lowest BCUT2D eigenvalue weighted by Crippen LogP contribution is -1.92. The van der Waals surface area contributed by atoms with Crippen molar-refractivity contribution in [1.82, 2.24) is 0 Å². The van der Waals surface area contributed by atoms with Crippen molar-refractivity contribution in [2.24, 2.45) is 0 Å². The zero-order valence-electron chi connectivity index (χ0n) is 14.6. The second kappa shape index (κ2) is 7.96. The molecule has 3 aromatic rings. The van der Waals surface area contributed by atoms with Gasteiger partial charge in [0.05, 0.1) is 0 Å². The molecule has 0 spiro atoms. The molecule has 0 aliphatic rings. The molecule has 26 heavy (non-hydrogen) atoms. The first-order valence-electron chi connectivity index (χ1n) is 8.55. The van der Waals surface area contributed by atoms with E-state index in [0.717, 1.165) is 22.8 Å². The topological polar surface area (TPSA) is 9.23 Å². The third-order valence-corrected chi connectivity index (χ3v) is 4.24. The largest absolute Gasteiger partial charge is 0.490 e. The average Bonchev–Trinajstić information content (AvgIpc) is 2.70. The maximum Gasteiger partial charge on any atom is 0.166 e. The van der Waals surface area contributed by atoms with Crippen LogP contribution in [0.1, 0.15) is 23.6 Å². The van der Waals surface area contributed by atoms with Crippen LogP contribution in [0, 0.1) is 0 Å². The number of aryl methyl sites for hydroxylation is 1. The molecule has 0 aromatic heterocycles. The third kappa shape index (κ3) is 3.83. The van der Waals surface area contributed by atoms with E-state index in [4.69, 9.17) is 4.74 Å². The Hall–Kier alpha value is -2.94. The summed E-state index contributed by atoms with van der Waals surface area (Å²) in [6.45, 7) is 6.05. The molecule has 0 heterocycles. The maximum absolute atomic E-state index is 14.6.